The highest BCUT2D eigenvalue weighted by molar-refractivity contribution is 5.74. The molecule has 0 bridgehead atoms. The third-order valence-electron chi connectivity index (χ3n) is 3.97. The molecule has 0 amide bonds. The second-order valence-electron chi connectivity index (χ2n) is 5.66. The van der Waals surface area contributed by atoms with Gasteiger partial charge in [-0.05, 0) is 34.4 Å². The van der Waals surface area contributed by atoms with Crippen LogP contribution in [0.2, 0.25) is 0 Å². The van der Waals surface area contributed by atoms with Gasteiger partial charge >= 0.3 is 12.4 Å². The van der Waals surface area contributed by atoms with Gasteiger partial charge in [0.15, 0.2) is 0 Å². The molecule has 0 aliphatic carbocycles. The van der Waals surface area contributed by atoms with E-state index in [0.717, 1.165) is 12.1 Å². The standard InChI is InChI=1S/C20H12F6/c21-19(22,23)17-7-3-1-5-15(17)13-9-11-14(12-10-13)16-6-2-4-8-18(16)20(24,25)26/h1-12H. The van der Waals surface area contributed by atoms with E-state index in [1.54, 1.807) is 0 Å². The smallest absolute Gasteiger partial charge is 0.166 e. The minimum atomic E-state index is -4.52. The number of rotatable bonds is 2. The normalized spacial score (nSPS) is 12.2. The molecule has 0 aliphatic rings. The minimum absolute atomic E-state index is 0.0179. The van der Waals surface area contributed by atoms with Gasteiger partial charge in [-0.25, -0.2) is 0 Å². The molecule has 6 heteroatoms. The van der Waals surface area contributed by atoms with Crippen LogP contribution in [0.1, 0.15) is 11.1 Å². The van der Waals surface area contributed by atoms with Gasteiger partial charge in [-0.3, -0.25) is 0 Å². The molecule has 0 saturated carbocycles. The molecule has 0 unspecified atom stereocenters. The summed E-state index contributed by atoms with van der Waals surface area (Å²) >= 11 is 0. The van der Waals surface area contributed by atoms with Crippen molar-refractivity contribution in [3.05, 3.63) is 83.9 Å². The van der Waals surface area contributed by atoms with Gasteiger partial charge in [0.05, 0.1) is 11.1 Å². The van der Waals surface area contributed by atoms with E-state index in [-0.39, 0.29) is 22.3 Å². The van der Waals surface area contributed by atoms with Crippen molar-refractivity contribution in [3.8, 4) is 22.3 Å². The van der Waals surface area contributed by atoms with Crippen LogP contribution in [0.3, 0.4) is 0 Å². The molecule has 0 nitrogen and oxygen atoms in total. The van der Waals surface area contributed by atoms with Gasteiger partial charge in [-0.1, -0.05) is 60.7 Å². The Morgan fingerprint density at radius 3 is 1.04 bits per heavy atom. The van der Waals surface area contributed by atoms with Gasteiger partial charge < -0.3 is 0 Å². The Labute approximate surface area is 145 Å². The predicted octanol–water partition coefficient (Wildman–Crippen LogP) is 7.06. The first-order valence-corrected chi connectivity index (χ1v) is 7.61. The molecular formula is C20H12F6. The fourth-order valence-electron chi connectivity index (χ4n) is 2.79. The van der Waals surface area contributed by atoms with Crippen molar-refractivity contribution in [1.29, 1.82) is 0 Å². The van der Waals surface area contributed by atoms with E-state index < -0.39 is 23.5 Å². The lowest BCUT2D eigenvalue weighted by Crippen LogP contribution is -2.07. The van der Waals surface area contributed by atoms with Crippen molar-refractivity contribution >= 4 is 0 Å². The summed E-state index contributed by atoms with van der Waals surface area (Å²) < 4.78 is 78.8. The van der Waals surface area contributed by atoms with Crippen LogP contribution in [0.4, 0.5) is 26.3 Å². The summed E-state index contributed by atoms with van der Waals surface area (Å²) in [4.78, 5) is 0. The van der Waals surface area contributed by atoms with Crippen molar-refractivity contribution < 1.29 is 26.3 Å². The molecule has 0 spiro atoms. The summed E-state index contributed by atoms with van der Waals surface area (Å²) in [6, 6.07) is 15.8. The van der Waals surface area contributed by atoms with Crippen LogP contribution in [0.15, 0.2) is 72.8 Å². The second-order valence-corrected chi connectivity index (χ2v) is 5.66. The van der Waals surface area contributed by atoms with Crippen molar-refractivity contribution in [1.82, 2.24) is 0 Å². The summed E-state index contributed by atoms with van der Waals surface area (Å²) in [5, 5.41) is 0. The van der Waals surface area contributed by atoms with Crippen LogP contribution in [0, 0.1) is 0 Å². The first kappa shape index (κ1) is 18.0. The first-order valence-electron chi connectivity index (χ1n) is 7.61. The van der Waals surface area contributed by atoms with Gasteiger partial charge in [-0.15, -0.1) is 0 Å². The van der Waals surface area contributed by atoms with Gasteiger partial charge in [0.2, 0.25) is 0 Å². The number of alkyl halides is 6. The number of benzene rings is 3. The van der Waals surface area contributed by atoms with E-state index in [2.05, 4.69) is 0 Å². The summed E-state index contributed by atoms with van der Waals surface area (Å²) in [5.41, 5.74) is -1.05. The van der Waals surface area contributed by atoms with E-state index in [0.29, 0.717) is 0 Å². The average Bonchev–Trinajstić information content (AvgIpc) is 2.60. The second kappa shape index (κ2) is 6.52. The predicted molar refractivity (Wildman–Crippen MR) is 87.3 cm³/mol. The fraction of sp³-hybridized carbons (Fsp3) is 0.100. The van der Waals surface area contributed by atoms with Gasteiger partial charge in [-0.2, -0.15) is 26.3 Å². The van der Waals surface area contributed by atoms with E-state index >= 15 is 0 Å². The Hall–Kier alpha value is -2.76. The van der Waals surface area contributed by atoms with Crippen LogP contribution in [-0.2, 0) is 12.4 Å². The number of halogens is 6. The topological polar surface area (TPSA) is 0 Å². The number of hydrogen-bond donors (Lipinski definition) is 0. The molecule has 134 valence electrons. The Balaban J connectivity index is 2.05. The zero-order valence-electron chi connectivity index (χ0n) is 13.2. The highest BCUT2D eigenvalue weighted by Gasteiger charge is 2.34. The molecule has 0 radical (unpaired) electrons. The molecular weight excluding hydrogens is 354 g/mol. The Bertz CT molecular complexity index is 828. The van der Waals surface area contributed by atoms with Gasteiger partial charge in [0.1, 0.15) is 0 Å². The molecule has 0 aliphatic heterocycles. The summed E-state index contributed by atoms with van der Waals surface area (Å²) in [6.07, 6.45) is -9.03. The van der Waals surface area contributed by atoms with Crippen LogP contribution >= 0.6 is 0 Å². The summed E-state index contributed by atoms with van der Waals surface area (Å²) in [7, 11) is 0. The molecule has 0 saturated heterocycles. The highest BCUT2D eigenvalue weighted by atomic mass is 19.4. The fourth-order valence-corrected chi connectivity index (χ4v) is 2.79. The van der Waals surface area contributed by atoms with E-state index in [1.165, 1.54) is 60.7 Å². The zero-order valence-corrected chi connectivity index (χ0v) is 13.2. The van der Waals surface area contributed by atoms with Gasteiger partial charge in [0.25, 0.3) is 0 Å². The minimum Gasteiger partial charge on any atom is -0.166 e. The maximum Gasteiger partial charge on any atom is 0.417 e. The molecule has 3 rings (SSSR count). The molecule has 0 heterocycles. The maximum absolute atomic E-state index is 13.1. The Morgan fingerprint density at radius 1 is 0.423 bits per heavy atom. The lowest BCUT2D eigenvalue weighted by atomic mass is 9.95. The molecule has 3 aromatic carbocycles. The number of hydrogen-bond acceptors (Lipinski definition) is 0. The zero-order chi connectivity index (χ0) is 18.9. The molecule has 3 aromatic rings. The lowest BCUT2D eigenvalue weighted by Gasteiger charge is -2.15. The Kier molecular flexibility index (Phi) is 4.52. The summed E-state index contributed by atoms with van der Waals surface area (Å²) in [5.74, 6) is 0. The van der Waals surface area contributed by atoms with Crippen LogP contribution in [0.25, 0.3) is 22.3 Å². The maximum atomic E-state index is 13.1. The molecule has 0 N–H and O–H groups in total. The highest BCUT2D eigenvalue weighted by Crippen LogP contribution is 2.39. The van der Waals surface area contributed by atoms with E-state index in [9.17, 15) is 26.3 Å². The van der Waals surface area contributed by atoms with Crippen LogP contribution < -0.4 is 0 Å². The van der Waals surface area contributed by atoms with Crippen molar-refractivity contribution in [2.75, 3.05) is 0 Å². The monoisotopic (exact) mass is 366 g/mol. The average molecular weight is 366 g/mol. The van der Waals surface area contributed by atoms with Crippen LogP contribution in [-0.4, -0.2) is 0 Å². The van der Waals surface area contributed by atoms with E-state index in [4.69, 9.17) is 0 Å². The SMILES string of the molecule is FC(F)(F)c1ccccc1-c1ccc(-c2ccccc2C(F)(F)F)cc1. The molecule has 26 heavy (non-hydrogen) atoms. The van der Waals surface area contributed by atoms with Crippen molar-refractivity contribution in [2.24, 2.45) is 0 Å². The quantitative estimate of drug-likeness (QED) is 0.426. The van der Waals surface area contributed by atoms with E-state index in [1.807, 2.05) is 0 Å². The first-order chi connectivity index (χ1) is 12.2. The summed E-state index contributed by atoms with van der Waals surface area (Å²) in [6.45, 7) is 0. The third kappa shape index (κ3) is 3.59. The van der Waals surface area contributed by atoms with Crippen molar-refractivity contribution in [3.63, 3.8) is 0 Å². The van der Waals surface area contributed by atoms with Crippen LogP contribution in [0.5, 0.6) is 0 Å². The third-order valence-corrected chi connectivity index (χ3v) is 3.97. The largest absolute Gasteiger partial charge is 0.417 e. The van der Waals surface area contributed by atoms with Crippen molar-refractivity contribution in [2.45, 2.75) is 12.4 Å². The lowest BCUT2D eigenvalue weighted by molar-refractivity contribution is -0.137. The Morgan fingerprint density at radius 2 is 0.731 bits per heavy atom. The molecule has 0 atom stereocenters. The molecule has 0 aromatic heterocycles. The molecule has 0 fully saturated rings. The van der Waals surface area contributed by atoms with Gasteiger partial charge in [0, 0.05) is 0 Å².